The van der Waals surface area contributed by atoms with Gasteiger partial charge in [0.15, 0.2) is 5.65 Å². The van der Waals surface area contributed by atoms with Crippen LogP contribution >= 0.6 is 0 Å². The summed E-state index contributed by atoms with van der Waals surface area (Å²) in [5.74, 6) is 1.57. The van der Waals surface area contributed by atoms with Gasteiger partial charge in [0, 0.05) is 36.6 Å². The molecule has 2 aromatic rings. The number of fused-ring (bicyclic) bond motifs is 1. The van der Waals surface area contributed by atoms with Crippen molar-refractivity contribution in [3.63, 3.8) is 0 Å². The third kappa shape index (κ3) is 3.26. The first-order valence-electron chi connectivity index (χ1n) is 8.18. The van der Waals surface area contributed by atoms with Gasteiger partial charge in [-0.3, -0.25) is 0 Å². The molecule has 1 fully saturated rings. The number of rotatable bonds is 4. The number of aromatic nitrogens is 3. The summed E-state index contributed by atoms with van der Waals surface area (Å²) in [4.78, 5) is 4.48. The van der Waals surface area contributed by atoms with Gasteiger partial charge in [-0.05, 0) is 31.6 Å². The predicted octanol–water partition coefficient (Wildman–Crippen LogP) is 3.34. The Kier molecular flexibility index (Phi) is 4.24. The Bertz CT molecular complexity index is 602. The zero-order valence-electron chi connectivity index (χ0n) is 13.3. The van der Waals surface area contributed by atoms with Crippen LogP contribution in [0, 0.1) is 18.8 Å². The SMILES string of the molecule is Cc1cc2ncc(CNC3CCCCC3C(C)C)cn2n1. The normalized spacial score (nSPS) is 23.0. The van der Waals surface area contributed by atoms with Crippen molar-refractivity contribution in [3.05, 3.63) is 29.7 Å². The lowest BCUT2D eigenvalue weighted by molar-refractivity contribution is 0.204. The average Bonchev–Trinajstić information content (AvgIpc) is 2.84. The van der Waals surface area contributed by atoms with Gasteiger partial charge in [-0.1, -0.05) is 26.7 Å². The first kappa shape index (κ1) is 14.5. The summed E-state index contributed by atoms with van der Waals surface area (Å²) in [7, 11) is 0. The standard InChI is InChI=1S/C17H26N4/c1-12(2)15-6-4-5-7-16(15)18-9-14-10-19-17-8-13(3)20-21(17)11-14/h8,10-12,15-16,18H,4-7,9H2,1-3H3. The topological polar surface area (TPSA) is 42.2 Å². The van der Waals surface area contributed by atoms with E-state index in [9.17, 15) is 0 Å². The molecule has 114 valence electrons. The van der Waals surface area contributed by atoms with Crippen molar-refractivity contribution in [3.8, 4) is 0 Å². The Morgan fingerprint density at radius 3 is 2.95 bits per heavy atom. The Balaban J connectivity index is 1.67. The van der Waals surface area contributed by atoms with Crippen molar-refractivity contribution < 1.29 is 0 Å². The van der Waals surface area contributed by atoms with Crippen molar-refractivity contribution >= 4 is 5.65 Å². The quantitative estimate of drug-likeness (QED) is 0.937. The summed E-state index contributed by atoms with van der Waals surface area (Å²) in [6.45, 7) is 7.59. The van der Waals surface area contributed by atoms with E-state index in [4.69, 9.17) is 0 Å². The van der Waals surface area contributed by atoms with Crippen LogP contribution in [0.5, 0.6) is 0 Å². The van der Waals surface area contributed by atoms with Crippen LogP contribution in [-0.2, 0) is 6.54 Å². The van der Waals surface area contributed by atoms with Gasteiger partial charge in [0.1, 0.15) is 0 Å². The van der Waals surface area contributed by atoms with E-state index in [1.165, 1.54) is 31.2 Å². The molecule has 0 amide bonds. The highest BCUT2D eigenvalue weighted by Crippen LogP contribution is 2.30. The molecule has 2 atom stereocenters. The summed E-state index contributed by atoms with van der Waals surface area (Å²) < 4.78 is 1.88. The zero-order chi connectivity index (χ0) is 14.8. The first-order valence-corrected chi connectivity index (χ1v) is 8.18. The van der Waals surface area contributed by atoms with E-state index in [1.54, 1.807) is 0 Å². The maximum absolute atomic E-state index is 4.48. The minimum atomic E-state index is 0.647. The lowest BCUT2D eigenvalue weighted by Gasteiger charge is -2.35. The number of nitrogens with one attached hydrogen (secondary N) is 1. The van der Waals surface area contributed by atoms with Crippen LogP contribution in [0.15, 0.2) is 18.5 Å². The third-order valence-electron chi connectivity index (χ3n) is 4.73. The van der Waals surface area contributed by atoms with Gasteiger partial charge >= 0.3 is 0 Å². The molecule has 0 aromatic carbocycles. The summed E-state index contributed by atoms with van der Waals surface area (Å²) >= 11 is 0. The van der Waals surface area contributed by atoms with Crippen LogP contribution in [0.3, 0.4) is 0 Å². The maximum Gasteiger partial charge on any atom is 0.155 e. The second-order valence-electron chi connectivity index (χ2n) is 6.73. The molecule has 4 heteroatoms. The molecule has 2 unspecified atom stereocenters. The minimum absolute atomic E-state index is 0.647. The molecule has 0 saturated heterocycles. The Morgan fingerprint density at radius 1 is 1.33 bits per heavy atom. The molecule has 2 heterocycles. The second-order valence-corrected chi connectivity index (χ2v) is 6.73. The molecule has 1 saturated carbocycles. The molecular weight excluding hydrogens is 260 g/mol. The van der Waals surface area contributed by atoms with Crippen LogP contribution in [-0.4, -0.2) is 20.6 Å². The highest BCUT2D eigenvalue weighted by atomic mass is 15.2. The van der Waals surface area contributed by atoms with Gasteiger partial charge in [0.2, 0.25) is 0 Å². The van der Waals surface area contributed by atoms with Gasteiger partial charge in [-0.15, -0.1) is 0 Å². The predicted molar refractivity (Wildman–Crippen MR) is 85.1 cm³/mol. The van der Waals surface area contributed by atoms with E-state index < -0.39 is 0 Å². The van der Waals surface area contributed by atoms with Crippen LogP contribution in [0.1, 0.15) is 50.8 Å². The average molecular weight is 286 g/mol. The molecule has 0 bridgehead atoms. The molecule has 3 rings (SSSR count). The van der Waals surface area contributed by atoms with Gasteiger partial charge in [-0.2, -0.15) is 5.10 Å². The Hall–Kier alpha value is -1.42. The van der Waals surface area contributed by atoms with Crippen molar-refractivity contribution in [1.29, 1.82) is 0 Å². The number of hydrogen-bond donors (Lipinski definition) is 1. The fraction of sp³-hybridized carbons (Fsp3) is 0.647. The number of hydrogen-bond acceptors (Lipinski definition) is 3. The monoisotopic (exact) mass is 286 g/mol. The van der Waals surface area contributed by atoms with Crippen molar-refractivity contribution in [1.82, 2.24) is 19.9 Å². The summed E-state index contributed by atoms with van der Waals surface area (Å²) in [6.07, 6.45) is 9.48. The minimum Gasteiger partial charge on any atom is -0.310 e. The van der Waals surface area contributed by atoms with Crippen LogP contribution in [0.4, 0.5) is 0 Å². The Labute approximate surface area is 127 Å². The number of aryl methyl sites for hydroxylation is 1. The fourth-order valence-corrected chi connectivity index (χ4v) is 3.59. The molecule has 1 aliphatic carbocycles. The Morgan fingerprint density at radius 2 is 2.14 bits per heavy atom. The molecular formula is C17H26N4. The van der Waals surface area contributed by atoms with Gasteiger partial charge in [-0.25, -0.2) is 9.50 Å². The maximum atomic E-state index is 4.48. The van der Waals surface area contributed by atoms with E-state index >= 15 is 0 Å². The van der Waals surface area contributed by atoms with E-state index in [-0.39, 0.29) is 0 Å². The molecule has 21 heavy (non-hydrogen) atoms. The van der Waals surface area contributed by atoms with Crippen LogP contribution < -0.4 is 5.32 Å². The molecule has 0 aliphatic heterocycles. The molecule has 0 spiro atoms. The van der Waals surface area contributed by atoms with Crippen LogP contribution in [0.25, 0.3) is 5.65 Å². The lowest BCUT2D eigenvalue weighted by atomic mass is 9.78. The van der Waals surface area contributed by atoms with E-state index in [0.29, 0.717) is 6.04 Å². The molecule has 4 nitrogen and oxygen atoms in total. The summed E-state index contributed by atoms with van der Waals surface area (Å²) in [6, 6.07) is 2.65. The largest absolute Gasteiger partial charge is 0.310 e. The van der Waals surface area contributed by atoms with Crippen LogP contribution in [0.2, 0.25) is 0 Å². The lowest BCUT2D eigenvalue weighted by Crippen LogP contribution is -2.40. The second kappa shape index (κ2) is 6.14. The molecule has 1 N–H and O–H groups in total. The first-order chi connectivity index (χ1) is 10.1. The third-order valence-corrected chi connectivity index (χ3v) is 4.73. The van der Waals surface area contributed by atoms with Crippen molar-refractivity contribution in [2.75, 3.05) is 0 Å². The van der Waals surface area contributed by atoms with Crippen molar-refractivity contribution in [2.45, 2.75) is 59.0 Å². The van der Waals surface area contributed by atoms with E-state index in [0.717, 1.165) is 29.7 Å². The number of nitrogens with zero attached hydrogens (tertiary/aromatic N) is 3. The zero-order valence-corrected chi connectivity index (χ0v) is 13.3. The van der Waals surface area contributed by atoms with Gasteiger partial charge in [0.05, 0.1) is 5.69 Å². The summed E-state index contributed by atoms with van der Waals surface area (Å²) in [5.41, 5.74) is 3.15. The fourth-order valence-electron chi connectivity index (χ4n) is 3.59. The highest BCUT2D eigenvalue weighted by Gasteiger charge is 2.26. The summed E-state index contributed by atoms with van der Waals surface area (Å²) in [5, 5.41) is 8.20. The van der Waals surface area contributed by atoms with Gasteiger partial charge < -0.3 is 5.32 Å². The molecule has 0 radical (unpaired) electrons. The smallest absolute Gasteiger partial charge is 0.155 e. The van der Waals surface area contributed by atoms with Crippen molar-refractivity contribution in [2.24, 2.45) is 11.8 Å². The molecule has 2 aromatic heterocycles. The van der Waals surface area contributed by atoms with E-state index in [2.05, 4.69) is 35.4 Å². The highest BCUT2D eigenvalue weighted by molar-refractivity contribution is 5.38. The van der Waals surface area contributed by atoms with E-state index in [1.807, 2.05) is 23.7 Å². The molecule has 1 aliphatic rings. The van der Waals surface area contributed by atoms with Gasteiger partial charge in [0.25, 0.3) is 0 Å².